The summed E-state index contributed by atoms with van der Waals surface area (Å²) in [6, 6.07) is 11.5. The molecule has 0 atom stereocenters. The van der Waals surface area contributed by atoms with Gasteiger partial charge in [0.05, 0.1) is 13.6 Å². The Morgan fingerprint density at radius 3 is 1.80 bits per heavy atom. The zero-order chi connectivity index (χ0) is 22.5. The van der Waals surface area contributed by atoms with Crippen molar-refractivity contribution in [3.8, 4) is 10.4 Å². The van der Waals surface area contributed by atoms with Crippen molar-refractivity contribution in [2.24, 2.45) is 0 Å². The normalized spacial score (nSPS) is 20.1. The Morgan fingerprint density at radius 1 is 0.833 bits per heavy atom. The minimum Gasteiger partial charge on any atom is -0.204 e. The van der Waals surface area contributed by atoms with Crippen molar-refractivity contribution in [3.05, 3.63) is 47.8 Å². The number of allylic oxidation sites excluding steroid dienone is 2. The second kappa shape index (κ2) is 7.51. The predicted octanol–water partition coefficient (Wildman–Crippen LogP) is 7.73. The maximum atomic E-state index is 14.6. The lowest BCUT2D eigenvalue weighted by atomic mass is 10.0. The van der Waals surface area contributed by atoms with Crippen molar-refractivity contribution >= 4 is 29.5 Å². The Bertz CT molecular complexity index is 951. The Balaban J connectivity index is 2.37. The molecule has 9 heteroatoms. The second-order valence-corrected chi connectivity index (χ2v) is 14.1. The van der Waals surface area contributed by atoms with Gasteiger partial charge in [0.1, 0.15) is 0 Å². The molecule has 1 aromatic heterocycles. The first-order valence-corrected chi connectivity index (χ1v) is 13.1. The van der Waals surface area contributed by atoms with E-state index < -0.39 is 42.8 Å². The third-order valence-electron chi connectivity index (χ3n) is 6.17. The van der Waals surface area contributed by atoms with E-state index in [1.54, 1.807) is 30.3 Å². The molecule has 3 rings (SSSR count). The third kappa shape index (κ3) is 2.99. The molecule has 0 radical (unpaired) electrons. The summed E-state index contributed by atoms with van der Waals surface area (Å²) in [5.74, 6) is -19.4. The smallest absolute Gasteiger partial charge is 0.204 e. The van der Waals surface area contributed by atoms with Gasteiger partial charge in [-0.3, -0.25) is 0 Å². The number of thiophene rings is 1. The van der Waals surface area contributed by atoms with Crippen LogP contribution in [0.3, 0.4) is 0 Å². The number of hydrogen-bond acceptors (Lipinski definition) is 1. The molecule has 0 saturated heterocycles. The van der Waals surface area contributed by atoms with Crippen LogP contribution in [0.4, 0.5) is 30.7 Å². The van der Waals surface area contributed by atoms with Crippen molar-refractivity contribution < 1.29 is 30.7 Å². The number of alkyl halides is 6. The largest absolute Gasteiger partial charge is 0.383 e. The molecule has 164 valence electrons. The van der Waals surface area contributed by atoms with Crippen LogP contribution in [0.1, 0.15) is 26.3 Å². The average molecular weight is 467 g/mol. The van der Waals surface area contributed by atoms with Crippen LogP contribution in [-0.2, 0) is 0 Å². The summed E-state index contributed by atoms with van der Waals surface area (Å²) in [6.45, 7) is 5.60. The molecule has 30 heavy (non-hydrogen) atoms. The van der Waals surface area contributed by atoms with E-state index in [1.807, 2.05) is 20.8 Å². The van der Waals surface area contributed by atoms with E-state index in [0.717, 1.165) is 11.3 Å². The summed E-state index contributed by atoms with van der Waals surface area (Å²) in [5, 5.41) is 0. The SMILES string of the molecule is CC[Si](CC)(CC)c1sc(-c2ccccc2)cc1C1=C(F)C(F)(F)C(F)(F)C1(F)F. The van der Waals surface area contributed by atoms with Gasteiger partial charge in [0.2, 0.25) is 0 Å². The standard InChI is InChI=1S/C21H21F7SSi/c1-4-30(5-2,6-3)18-14(12-15(29-18)13-10-8-7-9-11-13)16-17(22)20(25,26)21(27,28)19(16,23)24/h7-12H,4-6H2,1-3H3. The first kappa shape index (κ1) is 23.1. The first-order chi connectivity index (χ1) is 13.9. The maximum absolute atomic E-state index is 14.6. The second-order valence-electron chi connectivity index (χ2n) is 7.47. The van der Waals surface area contributed by atoms with Gasteiger partial charge in [0.25, 0.3) is 0 Å². The van der Waals surface area contributed by atoms with E-state index in [-0.39, 0.29) is 0 Å². The molecule has 1 aromatic carbocycles. The van der Waals surface area contributed by atoms with Crippen LogP contribution in [0.25, 0.3) is 16.0 Å². The predicted molar refractivity (Wildman–Crippen MR) is 109 cm³/mol. The minimum absolute atomic E-state index is 0.368. The molecule has 1 aliphatic carbocycles. The molecule has 1 heterocycles. The summed E-state index contributed by atoms with van der Waals surface area (Å²) < 4.78 is 99.7. The molecule has 0 bridgehead atoms. The lowest BCUT2D eigenvalue weighted by Crippen LogP contribution is -2.50. The van der Waals surface area contributed by atoms with Gasteiger partial charge in [-0.05, 0) is 21.7 Å². The number of benzene rings is 1. The van der Waals surface area contributed by atoms with Crippen molar-refractivity contribution in [1.82, 2.24) is 0 Å². The van der Waals surface area contributed by atoms with E-state index >= 15 is 0 Å². The summed E-state index contributed by atoms with van der Waals surface area (Å²) in [5.41, 5.74) is -1.73. The fourth-order valence-corrected chi connectivity index (χ4v) is 10.7. The van der Waals surface area contributed by atoms with Crippen LogP contribution in [0.5, 0.6) is 0 Å². The summed E-state index contributed by atoms with van der Waals surface area (Å²) in [6.07, 6.45) is 0. The highest BCUT2D eigenvalue weighted by Gasteiger charge is 2.81. The molecule has 0 nitrogen and oxygen atoms in total. The van der Waals surface area contributed by atoms with Crippen LogP contribution in [0, 0.1) is 0 Å². The van der Waals surface area contributed by atoms with Crippen LogP contribution in [0.15, 0.2) is 42.2 Å². The quantitative estimate of drug-likeness (QED) is 0.302. The average Bonchev–Trinajstić information content (AvgIpc) is 3.18. The molecule has 0 N–H and O–H groups in total. The van der Waals surface area contributed by atoms with Crippen LogP contribution >= 0.6 is 11.3 Å². The van der Waals surface area contributed by atoms with Gasteiger partial charge in [0, 0.05) is 4.88 Å². The molecular formula is C21H21F7SSi. The highest BCUT2D eigenvalue weighted by Crippen LogP contribution is 2.62. The van der Waals surface area contributed by atoms with E-state index in [2.05, 4.69) is 0 Å². The van der Waals surface area contributed by atoms with Gasteiger partial charge in [-0.25, -0.2) is 4.39 Å². The van der Waals surface area contributed by atoms with Gasteiger partial charge in [-0.15, -0.1) is 11.3 Å². The first-order valence-electron chi connectivity index (χ1n) is 9.65. The molecule has 1 aliphatic rings. The van der Waals surface area contributed by atoms with Crippen molar-refractivity contribution in [2.75, 3.05) is 0 Å². The topological polar surface area (TPSA) is 0 Å². The van der Waals surface area contributed by atoms with Gasteiger partial charge in [-0.1, -0.05) is 69.2 Å². The molecule has 0 amide bonds. The van der Waals surface area contributed by atoms with Crippen LogP contribution in [0.2, 0.25) is 18.1 Å². The maximum Gasteiger partial charge on any atom is 0.383 e. The van der Waals surface area contributed by atoms with Gasteiger partial charge in [-0.2, -0.15) is 26.3 Å². The summed E-state index contributed by atoms with van der Waals surface area (Å²) in [7, 11) is -2.51. The van der Waals surface area contributed by atoms with Crippen molar-refractivity contribution in [3.63, 3.8) is 0 Å². The number of halogens is 7. The Morgan fingerprint density at radius 2 is 1.37 bits per heavy atom. The Labute approximate surface area is 175 Å². The molecule has 0 unspecified atom stereocenters. The highest BCUT2D eigenvalue weighted by molar-refractivity contribution is 7.29. The summed E-state index contributed by atoms with van der Waals surface area (Å²) >= 11 is 1.12. The van der Waals surface area contributed by atoms with Crippen LogP contribution < -0.4 is 4.50 Å². The molecule has 0 saturated carbocycles. The number of rotatable bonds is 6. The monoisotopic (exact) mass is 466 g/mol. The van der Waals surface area contributed by atoms with E-state index in [1.165, 1.54) is 6.07 Å². The molecule has 0 spiro atoms. The lowest BCUT2D eigenvalue weighted by Gasteiger charge is -2.30. The summed E-state index contributed by atoms with van der Waals surface area (Å²) in [4.78, 5) is 0.461. The minimum atomic E-state index is -5.83. The Hall–Kier alpha value is -1.61. The van der Waals surface area contributed by atoms with Gasteiger partial charge >= 0.3 is 17.8 Å². The molecule has 2 aromatic rings. The lowest BCUT2D eigenvalue weighted by molar-refractivity contribution is -0.263. The number of hydrogen-bond donors (Lipinski definition) is 0. The molecule has 0 aliphatic heterocycles. The van der Waals surface area contributed by atoms with Gasteiger partial charge in [0.15, 0.2) is 5.83 Å². The Kier molecular flexibility index (Phi) is 5.77. The van der Waals surface area contributed by atoms with Crippen molar-refractivity contribution in [1.29, 1.82) is 0 Å². The van der Waals surface area contributed by atoms with Crippen molar-refractivity contribution in [2.45, 2.75) is 56.7 Å². The third-order valence-corrected chi connectivity index (χ3v) is 14.1. The van der Waals surface area contributed by atoms with Crippen LogP contribution in [-0.4, -0.2) is 25.8 Å². The zero-order valence-electron chi connectivity index (χ0n) is 16.6. The fraction of sp³-hybridized carbons (Fsp3) is 0.429. The molecular weight excluding hydrogens is 445 g/mol. The molecule has 0 fully saturated rings. The van der Waals surface area contributed by atoms with E-state index in [0.29, 0.717) is 33.1 Å². The van der Waals surface area contributed by atoms with Gasteiger partial charge < -0.3 is 0 Å². The van der Waals surface area contributed by atoms with E-state index in [4.69, 9.17) is 0 Å². The fourth-order valence-electron chi connectivity index (χ4n) is 4.02. The zero-order valence-corrected chi connectivity index (χ0v) is 18.5. The van der Waals surface area contributed by atoms with E-state index in [9.17, 15) is 30.7 Å². The highest BCUT2D eigenvalue weighted by atomic mass is 32.1.